The number of rotatable bonds is 15. The molecule has 0 unspecified atom stereocenters. The van der Waals surface area contributed by atoms with Crippen molar-refractivity contribution in [1.82, 2.24) is 19.8 Å². The van der Waals surface area contributed by atoms with Crippen molar-refractivity contribution < 1.29 is 32.4 Å². The van der Waals surface area contributed by atoms with Gasteiger partial charge in [-0.2, -0.15) is 0 Å². The molecule has 0 aromatic heterocycles. The Kier molecular flexibility index (Phi) is 10.7. The minimum atomic E-state index is -3.82. The number of hydrogen-bond donors (Lipinski definition) is 2. The Morgan fingerprint density at radius 3 is 2.12 bits per heavy atom. The minimum absolute atomic E-state index is 0.00738. The van der Waals surface area contributed by atoms with Gasteiger partial charge in [-0.15, -0.1) is 6.58 Å². The summed E-state index contributed by atoms with van der Waals surface area (Å²) in [5, 5.41) is 2.64. The number of nitrogens with zero attached hydrogens (tertiary/aromatic N) is 2. The average Bonchev–Trinajstić information content (AvgIpc) is 4.00. The Morgan fingerprint density at radius 2 is 1.57 bits per heavy atom. The molecule has 0 aromatic rings. The van der Waals surface area contributed by atoms with Gasteiger partial charge in [0.25, 0.3) is 0 Å². The molecular weight excluding hydrogens is 753 g/mol. The lowest BCUT2D eigenvalue weighted by molar-refractivity contribution is -0.146. The van der Waals surface area contributed by atoms with Gasteiger partial charge in [0.15, 0.2) is 11.6 Å². The molecule has 322 valence electrons. The highest BCUT2D eigenvalue weighted by molar-refractivity contribution is 7.90. The number of Topliss-reactive ketones (excluding diaryl/α,β-unsaturated/α-hetero) is 2. The molecule has 6 saturated carbocycles. The number of likely N-dealkylation sites (tertiary alicyclic amines) is 2. The number of hydrogen-bond acceptors (Lipinski definition) is 8. The largest absolute Gasteiger partial charge is 0.345 e. The zero-order valence-electron chi connectivity index (χ0n) is 35.9. The number of carbonyl (C=O) groups is 5. The van der Waals surface area contributed by atoms with E-state index in [9.17, 15) is 27.6 Å². The Bertz CT molecular complexity index is 1820. The van der Waals surface area contributed by atoms with Crippen LogP contribution in [0.1, 0.15) is 150 Å². The number of ketones is 2. The quantitative estimate of drug-likeness (QED) is 0.188. The number of fused-ring (bicyclic) bond motifs is 1. The minimum Gasteiger partial charge on any atom is -0.345 e. The SMILES string of the molecule is C=C[C@@H]1C[C@]1(CC(=O)[C@@H]1C[C@@]2(CN1C(=O)[C@@H](CC(=O)[C@@H](NC(=O)[C@@H]1CCCN(C3CC3)C1)C(C)(C)C)C1CCCCC1)C(C)(C)C21CCC1)C(=O)NS(=O)(=O)C1CC1. The predicted molar refractivity (Wildman–Crippen MR) is 221 cm³/mol. The van der Waals surface area contributed by atoms with Crippen LogP contribution in [0.3, 0.4) is 0 Å². The second-order valence-corrected chi connectivity index (χ2v) is 23.9. The summed E-state index contributed by atoms with van der Waals surface area (Å²) < 4.78 is 28.1. The molecule has 11 nitrogen and oxygen atoms in total. The summed E-state index contributed by atoms with van der Waals surface area (Å²) in [5.41, 5.74) is -2.04. The molecule has 0 bridgehead atoms. The van der Waals surface area contributed by atoms with Gasteiger partial charge in [-0.05, 0) is 112 Å². The van der Waals surface area contributed by atoms with Crippen molar-refractivity contribution >= 4 is 39.3 Å². The van der Waals surface area contributed by atoms with Crippen LogP contribution in [0.25, 0.3) is 0 Å². The maximum absolute atomic E-state index is 15.4. The van der Waals surface area contributed by atoms with E-state index >= 15 is 4.79 Å². The first-order valence-electron chi connectivity index (χ1n) is 22.9. The highest BCUT2D eigenvalue weighted by Gasteiger charge is 2.85. The first-order valence-corrected chi connectivity index (χ1v) is 24.4. The van der Waals surface area contributed by atoms with E-state index in [1.54, 1.807) is 6.08 Å². The topological polar surface area (TPSA) is 150 Å². The molecule has 8 aliphatic rings. The molecule has 2 aliphatic heterocycles. The Labute approximate surface area is 347 Å². The van der Waals surface area contributed by atoms with Gasteiger partial charge in [-0.3, -0.25) is 33.6 Å². The van der Waals surface area contributed by atoms with Crippen LogP contribution < -0.4 is 10.0 Å². The van der Waals surface area contributed by atoms with E-state index in [0.29, 0.717) is 38.3 Å². The standard InChI is InChI=1S/C46H70N4O7S/c1-7-31-24-44(31,41(55)48-58(56,57)33-18-19-33)26-37(52)35-25-46(43(5,6)45(46)20-12-21-45)28-50(35)40(54)34(29-13-9-8-10-14-29)23-36(51)38(42(2,3)4)47-39(53)30-15-11-22-49(27-30)32-16-17-32/h7,29-35,38H,1,8-28H2,2-6H3,(H,47,53)(H,48,55)/t30-,31-,34+,35+,38-,44-,46-/m1/s1. The van der Waals surface area contributed by atoms with E-state index in [0.717, 1.165) is 77.3 Å². The van der Waals surface area contributed by atoms with Gasteiger partial charge in [0.2, 0.25) is 27.7 Å². The average molecular weight is 823 g/mol. The molecule has 8 fully saturated rings. The second kappa shape index (κ2) is 14.8. The molecule has 2 spiro atoms. The van der Waals surface area contributed by atoms with Crippen LogP contribution in [0.5, 0.6) is 0 Å². The van der Waals surface area contributed by atoms with Gasteiger partial charge in [-0.25, -0.2) is 8.42 Å². The fraction of sp³-hybridized carbons (Fsp3) is 0.848. The fourth-order valence-corrected chi connectivity index (χ4v) is 14.4. The van der Waals surface area contributed by atoms with Gasteiger partial charge in [-0.1, -0.05) is 66.4 Å². The van der Waals surface area contributed by atoms with Gasteiger partial charge >= 0.3 is 0 Å². The molecular formula is C46H70N4O7S. The number of sulfonamides is 1. The van der Waals surface area contributed by atoms with E-state index in [2.05, 4.69) is 35.4 Å². The van der Waals surface area contributed by atoms with Crippen LogP contribution in [-0.4, -0.2) is 90.5 Å². The summed E-state index contributed by atoms with van der Waals surface area (Å²) in [6.07, 6.45) is 15.5. The molecule has 2 N–H and O–H groups in total. The van der Waals surface area contributed by atoms with Crippen molar-refractivity contribution in [2.24, 2.45) is 50.7 Å². The van der Waals surface area contributed by atoms with E-state index in [4.69, 9.17) is 0 Å². The number of nitrogens with one attached hydrogen (secondary N) is 2. The lowest BCUT2D eigenvalue weighted by atomic mass is 9.73. The maximum Gasteiger partial charge on any atom is 0.240 e. The lowest BCUT2D eigenvalue weighted by Gasteiger charge is -2.38. The highest BCUT2D eigenvalue weighted by atomic mass is 32.2. The number of piperidine rings is 1. The third-order valence-corrected chi connectivity index (χ3v) is 19.2. The van der Waals surface area contributed by atoms with Gasteiger partial charge in [0.1, 0.15) is 0 Å². The zero-order valence-corrected chi connectivity index (χ0v) is 36.7. The van der Waals surface area contributed by atoms with E-state index in [-0.39, 0.29) is 70.2 Å². The van der Waals surface area contributed by atoms with E-state index < -0.39 is 50.0 Å². The molecule has 12 heteroatoms. The maximum atomic E-state index is 15.4. The van der Waals surface area contributed by atoms with Crippen LogP contribution in [0.4, 0.5) is 0 Å². The lowest BCUT2D eigenvalue weighted by Crippen LogP contribution is -2.54. The molecule has 7 atom stereocenters. The predicted octanol–water partition coefficient (Wildman–Crippen LogP) is 6.10. The molecule has 0 aromatic carbocycles. The summed E-state index contributed by atoms with van der Waals surface area (Å²) in [5.74, 6) is -2.32. The third-order valence-electron chi connectivity index (χ3n) is 17.3. The summed E-state index contributed by atoms with van der Waals surface area (Å²) in [6, 6.07) is -0.936. The molecule has 0 radical (unpaired) electrons. The Hall–Kier alpha value is -2.60. The highest BCUT2D eigenvalue weighted by Crippen LogP contribution is 2.88. The van der Waals surface area contributed by atoms with Crippen molar-refractivity contribution in [3.05, 3.63) is 12.7 Å². The molecule has 2 saturated heterocycles. The summed E-state index contributed by atoms with van der Waals surface area (Å²) >= 11 is 0. The van der Waals surface area contributed by atoms with E-state index in [1.807, 2.05) is 25.7 Å². The van der Waals surface area contributed by atoms with Gasteiger partial charge < -0.3 is 10.2 Å². The smallest absolute Gasteiger partial charge is 0.240 e. The van der Waals surface area contributed by atoms with Crippen LogP contribution in [0.2, 0.25) is 0 Å². The Morgan fingerprint density at radius 1 is 0.879 bits per heavy atom. The first-order chi connectivity index (χ1) is 27.3. The molecule has 58 heavy (non-hydrogen) atoms. The van der Waals surface area contributed by atoms with Crippen LogP contribution in [-0.2, 0) is 34.0 Å². The number of amides is 3. The molecule has 3 amide bonds. The van der Waals surface area contributed by atoms with Gasteiger partial charge in [0, 0.05) is 43.3 Å². The van der Waals surface area contributed by atoms with Crippen LogP contribution in [0.15, 0.2) is 12.7 Å². The van der Waals surface area contributed by atoms with Crippen molar-refractivity contribution in [1.29, 1.82) is 0 Å². The molecule has 6 aliphatic carbocycles. The molecule has 8 rings (SSSR count). The van der Waals surface area contributed by atoms with Crippen molar-refractivity contribution in [2.45, 2.75) is 174 Å². The zero-order chi connectivity index (χ0) is 41.6. The first kappa shape index (κ1) is 42.1. The van der Waals surface area contributed by atoms with Crippen LogP contribution >= 0.6 is 0 Å². The number of carbonyl (C=O) groups excluding carboxylic acids is 5. The Balaban J connectivity index is 1.05. The van der Waals surface area contributed by atoms with Crippen molar-refractivity contribution in [3.8, 4) is 0 Å². The second-order valence-electron chi connectivity index (χ2n) is 21.9. The van der Waals surface area contributed by atoms with Crippen molar-refractivity contribution in [2.75, 3.05) is 19.6 Å². The third kappa shape index (κ3) is 7.13. The number of allylic oxidation sites excluding steroid dienone is 1. The van der Waals surface area contributed by atoms with Crippen LogP contribution in [0, 0.1) is 50.7 Å². The fourth-order valence-electron chi connectivity index (χ4n) is 13.0. The van der Waals surface area contributed by atoms with E-state index in [1.165, 1.54) is 12.8 Å². The van der Waals surface area contributed by atoms with Gasteiger partial charge in [0.05, 0.1) is 28.7 Å². The summed E-state index contributed by atoms with van der Waals surface area (Å²) in [4.78, 5) is 76.9. The summed E-state index contributed by atoms with van der Waals surface area (Å²) in [6.45, 7) is 16.6. The summed E-state index contributed by atoms with van der Waals surface area (Å²) in [7, 11) is -3.82. The normalized spacial score (nSPS) is 34.2. The molecule has 2 heterocycles. The monoisotopic (exact) mass is 822 g/mol. The van der Waals surface area contributed by atoms with Crippen molar-refractivity contribution in [3.63, 3.8) is 0 Å².